The summed E-state index contributed by atoms with van der Waals surface area (Å²) >= 11 is 0. The van der Waals surface area contributed by atoms with Crippen LogP contribution >= 0.6 is 0 Å². The normalized spacial score (nSPS) is 15.0. The first kappa shape index (κ1) is 14.2. The zero-order chi connectivity index (χ0) is 16.0. The molecule has 118 valence electrons. The molecular weight excluding hydrogens is 316 g/mol. The first-order valence-electron chi connectivity index (χ1n) is 7.03. The second-order valence-electron chi connectivity index (χ2n) is 5.46. The maximum absolute atomic E-state index is 11.7. The molecule has 1 aromatic carbocycles. The van der Waals surface area contributed by atoms with Crippen molar-refractivity contribution in [3.63, 3.8) is 0 Å². The Hall–Kier alpha value is -2.45. The monoisotopic (exact) mass is 330 g/mol. The van der Waals surface area contributed by atoms with Gasteiger partial charge in [0.25, 0.3) is 0 Å². The summed E-state index contributed by atoms with van der Waals surface area (Å²) in [6.45, 7) is 0.487. The highest BCUT2D eigenvalue weighted by atomic mass is 32.2. The smallest absolute Gasteiger partial charge is 0.227 e. The molecule has 0 fully saturated rings. The Labute approximate surface area is 133 Å². The Bertz CT molecular complexity index is 997. The number of aromatic amines is 1. The van der Waals surface area contributed by atoms with Crippen molar-refractivity contribution in [3.05, 3.63) is 48.0 Å². The lowest BCUT2D eigenvalue weighted by atomic mass is 10.2. The molecule has 0 saturated carbocycles. The fraction of sp³-hybridized carbons (Fsp3) is 0.200. The molecule has 1 N–H and O–H groups in total. The molecular formula is C15H14N4O3S. The van der Waals surface area contributed by atoms with E-state index in [0.717, 1.165) is 10.9 Å². The Morgan fingerprint density at radius 1 is 1.22 bits per heavy atom. The molecule has 23 heavy (non-hydrogen) atoms. The van der Waals surface area contributed by atoms with E-state index < -0.39 is 10.0 Å². The maximum Gasteiger partial charge on any atom is 0.227 e. The first-order chi connectivity index (χ1) is 11.0. The second-order valence-corrected chi connectivity index (χ2v) is 7.45. The molecule has 3 heterocycles. The third kappa shape index (κ3) is 2.55. The van der Waals surface area contributed by atoms with E-state index in [-0.39, 0.29) is 13.1 Å². The molecule has 0 amide bonds. The number of benzene rings is 1. The largest absolute Gasteiger partial charge is 0.439 e. The third-order valence-electron chi connectivity index (χ3n) is 3.86. The van der Waals surface area contributed by atoms with Crippen molar-refractivity contribution in [1.29, 1.82) is 0 Å². The minimum absolute atomic E-state index is 0.233. The molecule has 0 saturated heterocycles. The molecule has 0 bridgehead atoms. The minimum atomic E-state index is -3.28. The standard InChI is InChI=1S/C15H14N4O3S/c1-23(20,21)19-7-12-14(8-19)17-9-18-15(12)22-11-2-3-13-10(6-11)4-5-16-13/h2-6,9,16H,7-8H2,1H3. The number of rotatable bonds is 3. The van der Waals surface area contributed by atoms with Gasteiger partial charge in [0.05, 0.1) is 24.1 Å². The average molecular weight is 330 g/mol. The van der Waals surface area contributed by atoms with Gasteiger partial charge in [0, 0.05) is 23.6 Å². The molecule has 1 aliphatic rings. The van der Waals surface area contributed by atoms with Gasteiger partial charge in [-0.25, -0.2) is 18.4 Å². The molecule has 0 aliphatic carbocycles. The lowest BCUT2D eigenvalue weighted by Crippen LogP contribution is -2.23. The number of nitrogens with one attached hydrogen (secondary N) is 1. The van der Waals surface area contributed by atoms with Crippen molar-refractivity contribution in [2.24, 2.45) is 0 Å². The van der Waals surface area contributed by atoms with E-state index in [2.05, 4.69) is 15.0 Å². The molecule has 0 radical (unpaired) electrons. The molecule has 0 atom stereocenters. The van der Waals surface area contributed by atoms with E-state index in [4.69, 9.17) is 4.74 Å². The summed E-state index contributed by atoms with van der Waals surface area (Å²) in [5.41, 5.74) is 2.42. The zero-order valence-electron chi connectivity index (χ0n) is 12.4. The molecule has 2 aromatic heterocycles. The van der Waals surface area contributed by atoms with Crippen LogP contribution < -0.4 is 4.74 Å². The van der Waals surface area contributed by atoms with Crippen molar-refractivity contribution in [2.45, 2.75) is 13.1 Å². The van der Waals surface area contributed by atoms with Crippen molar-refractivity contribution >= 4 is 20.9 Å². The molecule has 0 spiro atoms. The molecule has 7 nitrogen and oxygen atoms in total. The summed E-state index contributed by atoms with van der Waals surface area (Å²) in [6.07, 6.45) is 4.45. The van der Waals surface area contributed by atoms with Crippen LogP contribution in [0.4, 0.5) is 0 Å². The zero-order valence-corrected chi connectivity index (χ0v) is 13.2. The van der Waals surface area contributed by atoms with Crippen molar-refractivity contribution in [2.75, 3.05) is 6.26 Å². The van der Waals surface area contributed by atoms with E-state index in [1.54, 1.807) is 0 Å². The highest BCUT2D eigenvalue weighted by molar-refractivity contribution is 7.88. The lowest BCUT2D eigenvalue weighted by Gasteiger charge is -2.11. The molecule has 0 unspecified atom stereocenters. The fourth-order valence-electron chi connectivity index (χ4n) is 2.65. The summed E-state index contributed by atoms with van der Waals surface area (Å²) in [4.78, 5) is 11.5. The van der Waals surface area contributed by atoms with E-state index >= 15 is 0 Å². The fourth-order valence-corrected chi connectivity index (χ4v) is 3.37. The predicted molar refractivity (Wildman–Crippen MR) is 84.5 cm³/mol. The topological polar surface area (TPSA) is 88.2 Å². The Kier molecular flexibility index (Phi) is 3.10. The van der Waals surface area contributed by atoms with Gasteiger partial charge in [-0.2, -0.15) is 4.31 Å². The van der Waals surface area contributed by atoms with Crippen molar-refractivity contribution < 1.29 is 13.2 Å². The van der Waals surface area contributed by atoms with Crippen LogP contribution in [0.1, 0.15) is 11.3 Å². The highest BCUT2D eigenvalue weighted by Gasteiger charge is 2.30. The van der Waals surface area contributed by atoms with Gasteiger partial charge in [0.1, 0.15) is 12.1 Å². The average Bonchev–Trinajstić information content (AvgIpc) is 3.13. The van der Waals surface area contributed by atoms with Crippen molar-refractivity contribution in [1.82, 2.24) is 19.3 Å². The van der Waals surface area contributed by atoms with Crippen molar-refractivity contribution in [3.8, 4) is 11.6 Å². The van der Waals surface area contributed by atoms with Gasteiger partial charge in [-0.1, -0.05) is 0 Å². The number of hydrogen-bond donors (Lipinski definition) is 1. The highest BCUT2D eigenvalue weighted by Crippen LogP contribution is 2.32. The quantitative estimate of drug-likeness (QED) is 0.794. The Morgan fingerprint density at radius 2 is 2.09 bits per heavy atom. The van der Waals surface area contributed by atoms with E-state index in [1.165, 1.54) is 16.9 Å². The number of aromatic nitrogens is 3. The van der Waals surface area contributed by atoms with Crippen LogP contribution in [0.25, 0.3) is 10.9 Å². The van der Waals surface area contributed by atoms with Gasteiger partial charge in [-0.3, -0.25) is 0 Å². The predicted octanol–water partition coefficient (Wildman–Crippen LogP) is 2.03. The van der Waals surface area contributed by atoms with E-state index in [0.29, 0.717) is 22.9 Å². The van der Waals surface area contributed by atoms with Gasteiger partial charge < -0.3 is 9.72 Å². The van der Waals surface area contributed by atoms with Gasteiger partial charge in [0.2, 0.25) is 15.9 Å². The Balaban J connectivity index is 1.68. The van der Waals surface area contributed by atoms with Crippen LogP contribution in [0.15, 0.2) is 36.8 Å². The molecule has 1 aliphatic heterocycles. The Morgan fingerprint density at radius 3 is 2.91 bits per heavy atom. The number of sulfonamides is 1. The number of fused-ring (bicyclic) bond motifs is 2. The SMILES string of the molecule is CS(=O)(=O)N1Cc2ncnc(Oc3ccc4[nH]ccc4c3)c2C1. The van der Waals surface area contributed by atoms with Gasteiger partial charge in [-0.05, 0) is 24.3 Å². The summed E-state index contributed by atoms with van der Waals surface area (Å²) in [7, 11) is -3.28. The van der Waals surface area contributed by atoms with Gasteiger partial charge >= 0.3 is 0 Å². The molecule has 4 rings (SSSR count). The summed E-state index contributed by atoms with van der Waals surface area (Å²) in [5.74, 6) is 1.05. The van der Waals surface area contributed by atoms with Crippen LogP contribution in [0.2, 0.25) is 0 Å². The molecule has 3 aromatic rings. The number of hydrogen-bond acceptors (Lipinski definition) is 5. The first-order valence-corrected chi connectivity index (χ1v) is 8.88. The third-order valence-corrected chi connectivity index (χ3v) is 5.06. The van der Waals surface area contributed by atoms with Crippen LogP contribution in [-0.4, -0.2) is 33.9 Å². The van der Waals surface area contributed by atoms with Crippen LogP contribution in [0, 0.1) is 0 Å². The number of ether oxygens (including phenoxy) is 1. The van der Waals surface area contributed by atoms with Crippen LogP contribution in [0.3, 0.4) is 0 Å². The van der Waals surface area contributed by atoms with Gasteiger partial charge in [0.15, 0.2) is 0 Å². The van der Waals surface area contributed by atoms with E-state index in [9.17, 15) is 8.42 Å². The summed E-state index contributed by atoms with van der Waals surface area (Å²) in [6, 6.07) is 7.63. The number of H-pyrrole nitrogens is 1. The lowest BCUT2D eigenvalue weighted by molar-refractivity contribution is 0.423. The second kappa shape index (κ2) is 5.04. The van der Waals surface area contributed by atoms with Gasteiger partial charge in [-0.15, -0.1) is 0 Å². The maximum atomic E-state index is 11.7. The van der Waals surface area contributed by atoms with E-state index in [1.807, 2.05) is 30.5 Å². The number of nitrogens with zero attached hydrogens (tertiary/aromatic N) is 3. The van der Waals surface area contributed by atoms with Crippen LogP contribution in [-0.2, 0) is 23.1 Å². The van der Waals surface area contributed by atoms with Crippen LogP contribution in [0.5, 0.6) is 11.6 Å². The summed E-state index contributed by atoms with van der Waals surface area (Å²) in [5, 5.41) is 1.03. The summed E-state index contributed by atoms with van der Waals surface area (Å²) < 4.78 is 30.7. The molecule has 8 heteroatoms. The minimum Gasteiger partial charge on any atom is -0.439 e.